The first-order valence-electron chi connectivity index (χ1n) is 7.05. The van der Waals surface area contributed by atoms with Crippen LogP contribution in [0.4, 0.5) is 0 Å². The van der Waals surface area contributed by atoms with Gasteiger partial charge in [-0.05, 0) is 58.5 Å². The zero-order chi connectivity index (χ0) is 13.2. The zero-order valence-electron chi connectivity index (χ0n) is 12.0. The minimum Gasteiger partial charge on any atom is -0.317 e. The van der Waals surface area contributed by atoms with Gasteiger partial charge in [-0.15, -0.1) is 0 Å². The lowest BCUT2D eigenvalue weighted by atomic mass is 10.1. The van der Waals surface area contributed by atoms with E-state index in [1.54, 1.807) is 0 Å². The number of hydrogen-bond acceptors (Lipinski definition) is 3. The summed E-state index contributed by atoms with van der Waals surface area (Å²) in [6.07, 6.45) is 5.56. The van der Waals surface area contributed by atoms with Crippen LogP contribution in [0.15, 0.2) is 24.4 Å². The molecule has 0 aromatic carbocycles. The Bertz CT molecular complexity index is 300. The van der Waals surface area contributed by atoms with Crippen LogP contribution in [0.5, 0.6) is 0 Å². The lowest BCUT2D eigenvalue weighted by molar-refractivity contribution is 0.232. The molecule has 1 N–H and O–H groups in total. The van der Waals surface area contributed by atoms with Crippen molar-refractivity contribution in [1.29, 1.82) is 0 Å². The fourth-order valence-corrected chi connectivity index (χ4v) is 1.95. The quantitative estimate of drug-likeness (QED) is 0.682. The van der Waals surface area contributed by atoms with Gasteiger partial charge in [0, 0.05) is 18.8 Å². The van der Waals surface area contributed by atoms with Gasteiger partial charge in [-0.1, -0.05) is 13.0 Å². The highest BCUT2D eigenvalue weighted by molar-refractivity contribution is 5.03. The largest absolute Gasteiger partial charge is 0.317 e. The Hall–Kier alpha value is -0.930. The average Bonchev–Trinajstić information content (AvgIpc) is 2.39. The molecule has 1 heterocycles. The van der Waals surface area contributed by atoms with E-state index in [0.29, 0.717) is 6.04 Å². The van der Waals surface area contributed by atoms with Crippen molar-refractivity contribution >= 4 is 0 Å². The van der Waals surface area contributed by atoms with Crippen LogP contribution in [0.25, 0.3) is 0 Å². The van der Waals surface area contributed by atoms with Crippen LogP contribution in [0.2, 0.25) is 0 Å². The normalized spacial score (nSPS) is 12.9. The highest BCUT2D eigenvalue weighted by Crippen LogP contribution is 2.07. The molecule has 0 bridgehead atoms. The molecule has 0 fully saturated rings. The van der Waals surface area contributed by atoms with Gasteiger partial charge in [0.2, 0.25) is 0 Å². The molecule has 0 saturated carbocycles. The van der Waals surface area contributed by atoms with Crippen molar-refractivity contribution in [2.75, 3.05) is 20.1 Å². The van der Waals surface area contributed by atoms with E-state index in [1.165, 1.54) is 19.3 Å². The zero-order valence-corrected chi connectivity index (χ0v) is 12.0. The molecule has 3 nitrogen and oxygen atoms in total. The van der Waals surface area contributed by atoms with E-state index >= 15 is 0 Å². The van der Waals surface area contributed by atoms with E-state index < -0.39 is 0 Å². The Labute approximate surface area is 112 Å². The predicted molar refractivity (Wildman–Crippen MR) is 77.6 cm³/mol. The Morgan fingerprint density at radius 3 is 2.83 bits per heavy atom. The Balaban J connectivity index is 2.18. The second-order valence-electron chi connectivity index (χ2n) is 4.98. The van der Waals surface area contributed by atoms with Gasteiger partial charge in [0.15, 0.2) is 0 Å². The fourth-order valence-electron chi connectivity index (χ4n) is 1.95. The van der Waals surface area contributed by atoms with Gasteiger partial charge >= 0.3 is 0 Å². The number of hydrogen-bond donors (Lipinski definition) is 1. The van der Waals surface area contributed by atoms with E-state index in [2.05, 4.69) is 48.2 Å². The summed E-state index contributed by atoms with van der Waals surface area (Å²) in [7, 11) is 2.18. The standard InChI is InChI=1S/C15H27N3/c1-4-10-16-11-7-8-14(2)18(3)13-15-9-5-6-12-17-15/h5-6,9,12,14,16H,4,7-8,10-11,13H2,1-3H3. The lowest BCUT2D eigenvalue weighted by Crippen LogP contribution is -2.29. The molecule has 0 spiro atoms. The molecule has 1 atom stereocenters. The summed E-state index contributed by atoms with van der Waals surface area (Å²) in [5.74, 6) is 0. The lowest BCUT2D eigenvalue weighted by Gasteiger charge is -2.24. The van der Waals surface area contributed by atoms with E-state index in [0.717, 1.165) is 25.3 Å². The highest BCUT2D eigenvalue weighted by Gasteiger charge is 2.09. The molecule has 18 heavy (non-hydrogen) atoms. The molecule has 0 radical (unpaired) electrons. The number of nitrogens with zero attached hydrogens (tertiary/aromatic N) is 2. The summed E-state index contributed by atoms with van der Waals surface area (Å²) < 4.78 is 0. The molecule has 1 rings (SSSR count). The molecule has 0 amide bonds. The van der Waals surface area contributed by atoms with Crippen LogP contribution in [0.1, 0.15) is 38.8 Å². The fraction of sp³-hybridized carbons (Fsp3) is 0.667. The number of nitrogens with one attached hydrogen (secondary N) is 1. The van der Waals surface area contributed by atoms with Crippen LogP contribution in [0.3, 0.4) is 0 Å². The smallest absolute Gasteiger partial charge is 0.0543 e. The van der Waals surface area contributed by atoms with E-state index in [9.17, 15) is 0 Å². The van der Waals surface area contributed by atoms with Crippen LogP contribution >= 0.6 is 0 Å². The van der Waals surface area contributed by atoms with Gasteiger partial charge in [-0.3, -0.25) is 9.88 Å². The first-order valence-corrected chi connectivity index (χ1v) is 7.05. The predicted octanol–water partition coefficient (Wildman–Crippen LogP) is 2.68. The van der Waals surface area contributed by atoms with Gasteiger partial charge in [0.25, 0.3) is 0 Å². The Morgan fingerprint density at radius 1 is 1.33 bits per heavy atom. The maximum absolute atomic E-state index is 4.37. The number of aromatic nitrogens is 1. The van der Waals surface area contributed by atoms with Crippen LogP contribution in [-0.4, -0.2) is 36.1 Å². The molecule has 102 valence electrons. The topological polar surface area (TPSA) is 28.2 Å². The molecule has 0 saturated heterocycles. The third-order valence-electron chi connectivity index (χ3n) is 3.29. The minimum atomic E-state index is 0.607. The van der Waals surface area contributed by atoms with Crippen molar-refractivity contribution in [2.24, 2.45) is 0 Å². The summed E-state index contributed by atoms with van der Waals surface area (Å²) in [6.45, 7) is 7.71. The van der Waals surface area contributed by atoms with Crippen molar-refractivity contribution < 1.29 is 0 Å². The average molecular weight is 249 g/mol. The number of rotatable bonds is 9. The minimum absolute atomic E-state index is 0.607. The van der Waals surface area contributed by atoms with Crippen molar-refractivity contribution in [1.82, 2.24) is 15.2 Å². The molecule has 1 unspecified atom stereocenters. The molecular weight excluding hydrogens is 222 g/mol. The van der Waals surface area contributed by atoms with Crippen LogP contribution in [0, 0.1) is 0 Å². The molecule has 0 aliphatic heterocycles. The van der Waals surface area contributed by atoms with Crippen molar-refractivity contribution in [2.45, 2.75) is 45.7 Å². The summed E-state index contributed by atoms with van der Waals surface area (Å²) in [4.78, 5) is 6.75. The molecule has 1 aromatic rings. The molecule has 0 aliphatic carbocycles. The highest BCUT2D eigenvalue weighted by atomic mass is 15.1. The SMILES string of the molecule is CCCNCCCC(C)N(C)Cc1ccccn1. The summed E-state index contributed by atoms with van der Waals surface area (Å²) in [5, 5.41) is 3.45. The van der Waals surface area contributed by atoms with Gasteiger partial charge in [-0.25, -0.2) is 0 Å². The second-order valence-corrected chi connectivity index (χ2v) is 4.98. The van der Waals surface area contributed by atoms with Crippen molar-refractivity contribution in [3.8, 4) is 0 Å². The van der Waals surface area contributed by atoms with Gasteiger partial charge < -0.3 is 5.32 Å². The Morgan fingerprint density at radius 2 is 2.17 bits per heavy atom. The maximum Gasteiger partial charge on any atom is 0.0543 e. The van der Waals surface area contributed by atoms with E-state index in [4.69, 9.17) is 0 Å². The summed E-state index contributed by atoms with van der Waals surface area (Å²) >= 11 is 0. The Kier molecular flexibility index (Phi) is 7.62. The van der Waals surface area contributed by atoms with Crippen LogP contribution < -0.4 is 5.32 Å². The van der Waals surface area contributed by atoms with E-state index in [1.807, 2.05) is 12.3 Å². The molecular formula is C15H27N3. The first-order chi connectivity index (χ1) is 8.74. The summed E-state index contributed by atoms with van der Waals surface area (Å²) in [5.41, 5.74) is 1.15. The molecule has 3 heteroatoms. The monoisotopic (exact) mass is 249 g/mol. The first kappa shape index (κ1) is 15.1. The van der Waals surface area contributed by atoms with Gasteiger partial charge in [0.1, 0.15) is 0 Å². The van der Waals surface area contributed by atoms with Crippen molar-refractivity contribution in [3.05, 3.63) is 30.1 Å². The van der Waals surface area contributed by atoms with Crippen molar-refractivity contribution in [3.63, 3.8) is 0 Å². The number of pyridine rings is 1. The van der Waals surface area contributed by atoms with Gasteiger partial charge in [0.05, 0.1) is 5.69 Å². The third-order valence-corrected chi connectivity index (χ3v) is 3.29. The van der Waals surface area contributed by atoms with Crippen LogP contribution in [-0.2, 0) is 6.54 Å². The van der Waals surface area contributed by atoms with E-state index in [-0.39, 0.29) is 0 Å². The van der Waals surface area contributed by atoms with Gasteiger partial charge in [-0.2, -0.15) is 0 Å². The molecule has 1 aromatic heterocycles. The summed E-state index contributed by atoms with van der Waals surface area (Å²) in [6, 6.07) is 6.71. The third kappa shape index (κ3) is 6.12. The second kappa shape index (κ2) is 9.06. The maximum atomic E-state index is 4.37. The molecule has 0 aliphatic rings.